The van der Waals surface area contributed by atoms with Gasteiger partial charge in [-0.15, -0.1) is 0 Å². The van der Waals surface area contributed by atoms with E-state index in [2.05, 4.69) is 5.32 Å². The van der Waals surface area contributed by atoms with Crippen LogP contribution in [0.5, 0.6) is 5.75 Å². The topological polar surface area (TPSA) is 75.6 Å². The minimum atomic E-state index is -4.46. The van der Waals surface area contributed by atoms with Crippen LogP contribution in [0, 0.1) is 0 Å². The Bertz CT molecular complexity index is 887. The number of ether oxygens (including phenoxy) is 1. The Morgan fingerprint density at radius 1 is 1.28 bits per heavy atom. The maximum atomic E-state index is 12.8. The zero-order chi connectivity index (χ0) is 23.6. The number of ketones is 1. The highest BCUT2D eigenvalue weighted by molar-refractivity contribution is 5.99. The highest BCUT2D eigenvalue weighted by Gasteiger charge is 2.30. The van der Waals surface area contributed by atoms with Gasteiger partial charge in [-0.3, -0.25) is 9.59 Å². The van der Waals surface area contributed by atoms with E-state index in [0.29, 0.717) is 31.3 Å². The van der Waals surface area contributed by atoms with E-state index >= 15 is 0 Å². The van der Waals surface area contributed by atoms with Crippen molar-refractivity contribution in [2.75, 3.05) is 13.7 Å². The molecule has 0 aliphatic heterocycles. The molecule has 0 radical (unpaired) electrons. The molecule has 1 atom stereocenters. The molecule has 1 aliphatic carbocycles. The van der Waals surface area contributed by atoms with Crippen LogP contribution < -0.4 is 10.1 Å². The molecule has 174 valence electrons. The zero-order valence-electron chi connectivity index (χ0n) is 18.0. The molecule has 1 aromatic rings. The number of aliphatic hydroxyl groups excluding tert-OH is 1. The highest BCUT2D eigenvalue weighted by atomic mass is 19.4. The lowest BCUT2D eigenvalue weighted by Gasteiger charge is -2.12. The highest BCUT2D eigenvalue weighted by Crippen LogP contribution is 2.31. The molecule has 8 heteroatoms. The van der Waals surface area contributed by atoms with Crippen molar-refractivity contribution >= 4 is 11.7 Å². The van der Waals surface area contributed by atoms with E-state index < -0.39 is 17.8 Å². The number of benzene rings is 1. The van der Waals surface area contributed by atoms with Crippen molar-refractivity contribution in [1.29, 1.82) is 0 Å². The van der Waals surface area contributed by atoms with E-state index in [-0.39, 0.29) is 24.0 Å². The van der Waals surface area contributed by atoms with Crippen molar-refractivity contribution < 1.29 is 32.6 Å². The molecule has 1 amide bonds. The predicted octanol–water partition coefficient (Wildman–Crippen LogP) is 4.52. The van der Waals surface area contributed by atoms with Gasteiger partial charge in [0.1, 0.15) is 18.5 Å². The molecule has 1 aliphatic rings. The van der Waals surface area contributed by atoms with E-state index in [1.807, 2.05) is 12.2 Å². The van der Waals surface area contributed by atoms with Gasteiger partial charge in [0.25, 0.3) is 0 Å². The summed E-state index contributed by atoms with van der Waals surface area (Å²) in [6.07, 6.45) is 4.92. The molecule has 0 unspecified atom stereocenters. The second-order valence-corrected chi connectivity index (χ2v) is 7.43. The number of halogens is 3. The number of hydrogen-bond acceptors (Lipinski definition) is 4. The summed E-state index contributed by atoms with van der Waals surface area (Å²) in [6, 6.07) is 4.47. The zero-order valence-corrected chi connectivity index (χ0v) is 18.0. The molecule has 0 fully saturated rings. The Morgan fingerprint density at radius 2 is 2.06 bits per heavy atom. The van der Waals surface area contributed by atoms with Gasteiger partial charge >= 0.3 is 6.18 Å². The summed E-state index contributed by atoms with van der Waals surface area (Å²) in [5, 5.41) is 12.7. The summed E-state index contributed by atoms with van der Waals surface area (Å²) < 4.78 is 43.5. The Morgan fingerprint density at radius 3 is 2.78 bits per heavy atom. The van der Waals surface area contributed by atoms with Crippen LogP contribution in [-0.4, -0.2) is 36.6 Å². The summed E-state index contributed by atoms with van der Waals surface area (Å²) in [4.78, 5) is 23.3. The van der Waals surface area contributed by atoms with E-state index in [0.717, 1.165) is 30.5 Å². The molecule has 2 N–H and O–H groups in total. The number of aliphatic hydroxyl groups is 1. The van der Waals surface area contributed by atoms with Gasteiger partial charge in [-0.05, 0) is 49.5 Å². The Balaban J connectivity index is 1.87. The van der Waals surface area contributed by atoms with Crippen LogP contribution in [0.25, 0.3) is 0 Å². The first-order valence-corrected chi connectivity index (χ1v) is 10.5. The number of carbonyl (C=O) groups excluding carboxylic acids is 2. The molecule has 1 aromatic carbocycles. The number of rotatable bonds is 11. The number of allylic oxidation sites excluding steroid dienone is 5. The van der Waals surface area contributed by atoms with E-state index in [1.54, 1.807) is 13.1 Å². The van der Waals surface area contributed by atoms with E-state index in [9.17, 15) is 27.9 Å². The maximum absolute atomic E-state index is 12.8. The van der Waals surface area contributed by atoms with Crippen molar-refractivity contribution in [3.8, 4) is 5.75 Å². The van der Waals surface area contributed by atoms with Crippen LogP contribution in [0.3, 0.4) is 0 Å². The van der Waals surface area contributed by atoms with Gasteiger partial charge in [0.05, 0.1) is 5.56 Å². The fourth-order valence-electron chi connectivity index (χ4n) is 3.21. The lowest BCUT2D eigenvalue weighted by atomic mass is 10.1. The van der Waals surface area contributed by atoms with Crippen molar-refractivity contribution in [3.05, 3.63) is 65.3 Å². The summed E-state index contributed by atoms with van der Waals surface area (Å²) in [7, 11) is 1.60. The van der Waals surface area contributed by atoms with Crippen molar-refractivity contribution in [3.63, 3.8) is 0 Å². The lowest BCUT2D eigenvalue weighted by Crippen LogP contribution is -2.16. The van der Waals surface area contributed by atoms with Crippen molar-refractivity contribution in [2.45, 2.75) is 50.8 Å². The average Bonchev–Trinajstić information content (AvgIpc) is 3.11. The average molecular weight is 451 g/mol. The first-order valence-electron chi connectivity index (χ1n) is 10.5. The lowest BCUT2D eigenvalue weighted by molar-refractivity contribution is -0.137. The normalized spacial score (nSPS) is 15.7. The fourth-order valence-corrected chi connectivity index (χ4v) is 3.21. The third kappa shape index (κ3) is 8.34. The molecule has 0 saturated heterocycles. The molecule has 0 bridgehead atoms. The second-order valence-electron chi connectivity index (χ2n) is 7.43. The van der Waals surface area contributed by atoms with Crippen LogP contribution in [0.4, 0.5) is 13.2 Å². The van der Waals surface area contributed by atoms with Crippen LogP contribution in [-0.2, 0) is 15.8 Å². The number of nitrogens with one attached hydrogen (secondary N) is 1. The van der Waals surface area contributed by atoms with Crippen LogP contribution >= 0.6 is 0 Å². The van der Waals surface area contributed by atoms with Gasteiger partial charge in [-0.25, -0.2) is 0 Å². The second kappa shape index (κ2) is 12.2. The number of hydrogen-bond donors (Lipinski definition) is 2. The maximum Gasteiger partial charge on any atom is 0.416 e. The van der Waals surface area contributed by atoms with Gasteiger partial charge in [-0.2, -0.15) is 13.2 Å². The van der Waals surface area contributed by atoms with Crippen LogP contribution in [0.2, 0.25) is 0 Å². The largest absolute Gasteiger partial charge is 0.491 e. The summed E-state index contributed by atoms with van der Waals surface area (Å²) in [5.74, 6) is 0.0780. The number of Topliss-reactive ketones (excluding diaryl/α,β-unsaturated/α-hetero) is 1. The first-order chi connectivity index (χ1) is 15.2. The van der Waals surface area contributed by atoms with Gasteiger partial charge in [-0.1, -0.05) is 30.4 Å². The number of alkyl halides is 3. The first kappa shape index (κ1) is 25.4. The van der Waals surface area contributed by atoms with E-state index in [4.69, 9.17) is 4.74 Å². The van der Waals surface area contributed by atoms with Crippen molar-refractivity contribution in [1.82, 2.24) is 5.32 Å². The van der Waals surface area contributed by atoms with Gasteiger partial charge < -0.3 is 15.2 Å². The van der Waals surface area contributed by atoms with Crippen molar-refractivity contribution in [2.24, 2.45) is 0 Å². The number of carbonyl (C=O) groups is 2. The Labute approximate surface area is 185 Å². The molecular weight excluding hydrogens is 423 g/mol. The number of unbranched alkanes of at least 4 members (excludes halogenated alkanes) is 1. The monoisotopic (exact) mass is 451 g/mol. The third-order valence-corrected chi connectivity index (χ3v) is 4.99. The smallest absolute Gasteiger partial charge is 0.416 e. The SMILES string of the molecule is CNC(=O)CCCC=CCC1=C(C=C[C@@H](O)COc2cccc(C(F)(F)F)c2)CCC1=O. The summed E-state index contributed by atoms with van der Waals surface area (Å²) in [5.41, 5.74) is 0.707. The molecule has 0 heterocycles. The summed E-state index contributed by atoms with van der Waals surface area (Å²) in [6.45, 7) is -0.209. The minimum Gasteiger partial charge on any atom is -0.491 e. The molecular formula is C24H28F3NO4. The van der Waals surface area contributed by atoms with Gasteiger partial charge in [0, 0.05) is 25.5 Å². The van der Waals surface area contributed by atoms with Gasteiger partial charge in [0.15, 0.2) is 5.78 Å². The molecule has 0 spiro atoms. The summed E-state index contributed by atoms with van der Waals surface area (Å²) >= 11 is 0. The standard InChI is InChI=1S/C24H28F3NO4/c1-28-23(31)10-5-3-2-4-9-21-17(12-14-22(21)30)11-13-19(29)16-32-20-8-6-7-18(15-20)24(25,26)27/h2,4,6-8,11,13,15,19,29H,3,5,9-10,12,14,16H2,1H3,(H,28,31)/t19-/m1/s1. The molecule has 32 heavy (non-hydrogen) atoms. The van der Waals surface area contributed by atoms with Crippen LogP contribution in [0.1, 0.15) is 44.1 Å². The quantitative estimate of drug-likeness (QED) is 0.383. The van der Waals surface area contributed by atoms with Gasteiger partial charge in [0.2, 0.25) is 5.91 Å². The predicted molar refractivity (Wildman–Crippen MR) is 115 cm³/mol. The van der Waals surface area contributed by atoms with Crippen LogP contribution in [0.15, 0.2) is 59.7 Å². The minimum absolute atomic E-state index is 0.00454. The fraction of sp³-hybridized carbons (Fsp3) is 0.417. The molecule has 2 rings (SSSR count). The molecule has 0 aromatic heterocycles. The third-order valence-electron chi connectivity index (χ3n) is 4.99. The van der Waals surface area contributed by atoms with E-state index in [1.165, 1.54) is 18.2 Å². The number of amides is 1. The molecule has 5 nitrogen and oxygen atoms in total. The molecule has 0 saturated carbocycles. The Hall–Kier alpha value is -2.87. The Kier molecular flexibility index (Phi) is 9.71.